The Labute approximate surface area is 156 Å². The minimum atomic E-state index is -3.26. The fourth-order valence-corrected chi connectivity index (χ4v) is 5.42. The van der Waals surface area contributed by atoms with Crippen LogP contribution in [0.3, 0.4) is 0 Å². The summed E-state index contributed by atoms with van der Waals surface area (Å²) < 4.78 is 24.9. The number of nitrogens with one attached hydrogen (secondary N) is 1. The summed E-state index contributed by atoms with van der Waals surface area (Å²) >= 11 is 3.54. The lowest BCUT2D eigenvalue weighted by atomic mass is 10.1. The molecule has 2 heterocycles. The van der Waals surface area contributed by atoms with Crippen LogP contribution in [0.15, 0.2) is 35.7 Å². The number of carbonyl (C=O) groups excluding carboxylic acids is 1. The highest BCUT2D eigenvalue weighted by atomic mass is 32.2. The molecule has 0 aliphatic carbocycles. The Balaban J connectivity index is 1.51. The number of thioether (sulfide) groups is 1. The van der Waals surface area contributed by atoms with Crippen LogP contribution < -0.4 is 9.62 Å². The monoisotopic (exact) mass is 396 g/mol. The molecule has 0 radical (unpaired) electrons. The van der Waals surface area contributed by atoms with Crippen molar-refractivity contribution in [1.82, 2.24) is 5.32 Å². The molecular weight excluding hydrogens is 376 g/mol. The summed E-state index contributed by atoms with van der Waals surface area (Å²) in [5, 5.41) is 4.99. The molecule has 0 saturated heterocycles. The molecule has 1 aromatic heterocycles. The maximum absolute atomic E-state index is 12.3. The lowest BCUT2D eigenvalue weighted by Crippen LogP contribution is -2.27. The molecular formula is C17H20N2O3S3. The summed E-state index contributed by atoms with van der Waals surface area (Å²) in [6.07, 6.45) is 1.84. The standard InChI is InChI=1S/C17H20N2O3S3/c1-25(21,22)19-8-6-13-11-14(4-5-16(13)19)17(20)18-7-10-23-12-15-3-2-9-24-15/h2-5,9,11H,6-8,10,12H2,1H3,(H,18,20). The minimum absolute atomic E-state index is 0.114. The molecule has 0 spiro atoms. The van der Waals surface area contributed by atoms with E-state index in [-0.39, 0.29) is 5.91 Å². The van der Waals surface area contributed by atoms with Crippen LogP contribution in [0.4, 0.5) is 5.69 Å². The van der Waals surface area contributed by atoms with E-state index in [1.165, 1.54) is 15.4 Å². The maximum Gasteiger partial charge on any atom is 0.251 e. The lowest BCUT2D eigenvalue weighted by molar-refractivity contribution is 0.0956. The molecule has 0 atom stereocenters. The van der Waals surface area contributed by atoms with E-state index >= 15 is 0 Å². The summed E-state index contributed by atoms with van der Waals surface area (Å²) in [6.45, 7) is 1.06. The maximum atomic E-state index is 12.3. The minimum Gasteiger partial charge on any atom is -0.351 e. The van der Waals surface area contributed by atoms with Crippen LogP contribution in [0.5, 0.6) is 0 Å². The third-order valence-corrected chi connectivity index (χ3v) is 7.20. The molecule has 0 saturated carbocycles. The molecule has 2 aromatic rings. The second-order valence-electron chi connectivity index (χ2n) is 5.82. The van der Waals surface area contributed by atoms with Crippen molar-refractivity contribution >= 4 is 44.7 Å². The molecule has 1 aromatic carbocycles. The van der Waals surface area contributed by atoms with Crippen LogP contribution in [0.25, 0.3) is 0 Å². The number of anilines is 1. The number of hydrogen-bond donors (Lipinski definition) is 1. The van der Waals surface area contributed by atoms with Crippen molar-refractivity contribution in [3.63, 3.8) is 0 Å². The van der Waals surface area contributed by atoms with Gasteiger partial charge in [-0.15, -0.1) is 11.3 Å². The quantitative estimate of drug-likeness (QED) is 0.731. The van der Waals surface area contributed by atoms with E-state index in [9.17, 15) is 13.2 Å². The van der Waals surface area contributed by atoms with Crippen LogP contribution in [0.1, 0.15) is 20.8 Å². The highest BCUT2D eigenvalue weighted by Crippen LogP contribution is 2.30. The van der Waals surface area contributed by atoms with Crippen molar-refractivity contribution in [2.45, 2.75) is 12.2 Å². The zero-order valence-electron chi connectivity index (χ0n) is 13.9. The van der Waals surface area contributed by atoms with E-state index in [0.29, 0.717) is 30.8 Å². The number of thiophene rings is 1. The molecule has 3 rings (SSSR count). The first-order chi connectivity index (χ1) is 11.9. The Morgan fingerprint density at radius 1 is 1.36 bits per heavy atom. The predicted octanol–water partition coefficient (Wildman–Crippen LogP) is 2.73. The van der Waals surface area contributed by atoms with Crippen molar-refractivity contribution in [1.29, 1.82) is 0 Å². The van der Waals surface area contributed by atoms with Gasteiger partial charge in [0.15, 0.2) is 0 Å². The average molecular weight is 397 g/mol. The van der Waals surface area contributed by atoms with Gasteiger partial charge in [-0.25, -0.2) is 8.42 Å². The number of sulfonamides is 1. The van der Waals surface area contributed by atoms with Gasteiger partial charge in [0.25, 0.3) is 5.91 Å². The van der Waals surface area contributed by atoms with Crippen LogP contribution in [0.2, 0.25) is 0 Å². The van der Waals surface area contributed by atoms with Gasteiger partial charge in [-0.3, -0.25) is 9.10 Å². The fraction of sp³-hybridized carbons (Fsp3) is 0.353. The van der Waals surface area contributed by atoms with Gasteiger partial charge in [0.2, 0.25) is 10.0 Å². The summed E-state index contributed by atoms with van der Waals surface area (Å²) in [4.78, 5) is 13.6. The summed E-state index contributed by atoms with van der Waals surface area (Å²) in [7, 11) is -3.26. The normalized spacial score (nSPS) is 13.7. The van der Waals surface area contributed by atoms with Gasteiger partial charge in [0.05, 0.1) is 11.9 Å². The Morgan fingerprint density at radius 3 is 2.92 bits per heavy atom. The van der Waals surface area contributed by atoms with E-state index in [2.05, 4.69) is 16.8 Å². The molecule has 25 heavy (non-hydrogen) atoms. The van der Waals surface area contributed by atoms with Crippen molar-refractivity contribution in [3.05, 3.63) is 51.7 Å². The van der Waals surface area contributed by atoms with Crippen LogP contribution in [-0.4, -0.2) is 39.4 Å². The average Bonchev–Trinajstić information content (AvgIpc) is 3.22. The van der Waals surface area contributed by atoms with Crippen molar-refractivity contribution in [2.24, 2.45) is 0 Å². The number of rotatable bonds is 7. The molecule has 1 N–H and O–H groups in total. The first-order valence-corrected chi connectivity index (χ1v) is 11.8. The Hall–Kier alpha value is -1.51. The van der Waals surface area contributed by atoms with Gasteiger partial charge < -0.3 is 5.32 Å². The number of benzene rings is 1. The van der Waals surface area contributed by atoms with E-state index in [4.69, 9.17) is 0 Å². The van der Waals surface area contributed by atoms with Gasteiger partial charge in [-0.1, -0.05) is 6.07 Å². The third kappa shape index (κ3) is 4.56. The first kappa shape index (κ1) is 18.3. The number of fused-ring (bicyclic) bond motifs is 1. The summed E-state index contributed by atoms with van der Waals surface area (Å²) in [6, 6.07) is 9.37. The molecule has 1 amide bonds. The van der Waals surface area contributed by atoms with Gasteiger partial charge in [0.1, 0.15) is 0 Å². The van der Waals surface area contributed by atoms with E-state index in [0.717, 1.165) is 17.1 Å². The molecule has 0 fully saturated rings. The highest BCUT2D eigenvalue weighted by Gasteiger charge is 2.26. The lowest BCUT2D eigenvalue weighted by Gasteiger charge is -2.16. The number of nitrogens with zero attached hydrogens (tertiary/aromatic N) is 1. The SMILES string of the molecule is CS(=O)(=O)N1CCc2cc(C(=O)NCCSCc3cccs3)ccc21. The Bertz CT molecular complexity index is 848. The zero-order chi connectivity index (χ0) is 17.9. The Morgan fingerprint density at radius 2 is 2.20 bits per heavy atom. The molecule has 0 bridgehead atoms. The second kappa shape index (κ2) is 7.80. The number of amides is 1. The number of carbonyl (C=O) groups is 1. The van der Waals surface area contributed by atoms with Crippen molar-refractivity contribution in [3.8, 4) is 0 Å². The summed E-state index contributed by atoms with van der Waals surface area (Å²) in [5.74, 6) is 1.71. The molecule has 5 nitrogen and oxygen atoms in total. The molecule has 1 aliphatic heterocycles. The largest absolute Gasteiger partial charge is 0.351 e. The van der Waals surface area contributed by atoms with Gasteiger partial charge >= 0.3 is 0 Å². The smallest absolute Gasteiger partial charge is 0.251 e. The van der Waals surface area contributed by atoms with Crippen LogP contribution in [0, 0.1) is 0 Å². The molecule has 134 valence electrons. The first-order valence-electron chi connectivity index (χ1n) is 7.94. The van der Waals surface area contributed by atoms with Gasteiger partial charge in [0, 0.05) is 35.0 Å². The third-order valence-electron chi connectivity index (χ3n) is 3.95. The highest BCUT2D eigenvalue weighted by molar-refractivity contribution is 7.98. The van der Waals surface area contributed by atoms with Crippen molar-refractivity contribution in [2.75, 3.05) is 29.4 Å². The van der Waals surface area contributed by atoms with Gasteiger partial charge in [-0.2, -0.15) is 11.8 Å². The zero-order valence-corrected chi connectivity index (χ0v) is 16.3. The van der Waals surface area contributed by atoms with Crippen LogP contribution in [-0.2, 0) is 22.2 Å². The number of hydrogen-bond acceptors (Lipinski definition) is 5. The van der Waals surface area contributed by atoms with Crippen LogP contribution >= 0.6 is 23.1 Å². The van der Waals surface area contributed by atoms with Gasteiger partial charge in [-0.05, 0) is 41.6 Å². The van der Waals surface area contributed by atoms with Crippen molar-refractivity contribution < 1.29 is 13.2 Å². The Kier molecular flexibility index (Phi) is 5.71. The van der Waals surface area contributed by atoms with E-state index in [1.54, 1.807) is 41.3 Å². The van der Waals surface area contributed by atoms with E-state index in [1.807, 2.05) is 6.07 Å². The van der Waals surface area contributed by atoms with E-state index < -0.39 is 10.0 Å². The molecule has 8 heteroatoms. The molecule has 1 aliphatic rings. The summed E-state index contributed by atoms with van der Waals surface area (Å²) in [5.41, 5.74) is 2.17. The molecule has 0 unspecified atom stereocenters. The second-order valence-corrected chi connectivity index (χ2v) is 9.86. The topological polar surface area (TPSA) is 66.5 Å². The fourth-order valence-electron chi connectivity index (χ4n) is 2.76. The predicted molar refractivity (Wildman–Crippen MR) is 105 cm³/mol.